The van der Waals surface area contributed by atoms with Crippen molar-refractivity contribution < 1.29 is 4.42 Å². The standard InChI is InChI=1S/C26H26OP/c1-20-21(2)27-22(3)26(20)19-28(23-13-7-4-8-14-23,24-15-9-5-10-16-24)25-17-11-6-12-18-25/h4-18H,19H2,1-3H3/q+1. The minimum Gasteiger partial charge on any atom is -0.466 e. The van der Waals surface area contributed by atoms with E-state index in [0.29, 0.717) is 0 Å². The molecule has 1 nitrogen and oxygen atoms in total. The summed E-state index contributed by atoms with van der Waals surface area (Å²) in [7, 11) is -1.88. The molecule has 4 aromatic rings. The molecule has 0 unspecified atom stereocenters. The molecule has 0 saturated heterocycles. The molecule has 0 N–H and O–H groups in total. The van der Waals surface area contributed by atoms with Crippen molar-refractivity contribution in [1.29, 1.82) is 0 Å². The van der Waals surface area contributed by atoms with Crippen molar-refractivity contribution in [2.45, 2.75) is 26.9 Å². The van der Waals surface area contributed by atoms with Crippen molar-refractivity contribution in [2.24, 2.45) is 0 Å². The highest BCUT2D eigenvalue weighted by Gasteiger charge is 2.46. The molecule has 1 heterocycles. The van der Waals surface area contributed by atoms with Gasteiger partial charge in [-0.25, -0.2) is 0 Å². The molecule has 4 rings (SSSR count). The Morgan fingerprint density at radius 1 is 0.571 bits per heavy atom. The van der Waals surface area contributed by atoms with Crippen molar-refractivity contribution >= 4 is 23.2 Å². The zero-order valence-electron chi connectivity index (χ0n) is 16.7. The Labute approximate surface area is 168 Å². The Kier molecular flexibility index (Phi) is 5.20. The van der Waals surface area contributed by atoms with E-state index in [9.17, 15) is 0 Å². The minimum atomic E-state index is -1.88. The fraction of sp³-hybridized carbons (Fsp3) is 0.154. The lowest BCUT2D eigenvalue weighted by molar-refractivity contribution is 0.500. The maximum Gasteiger partial charge on any atom is 0.116 e. The van der Waals surface area contributed by atoms with Crippen LogP contribution in [-0.4, -0.2) is 0 Å². The molecule has 0 radical (unpaired) electrons. The highest BCUT2D eigenvalue weighted by Crippen LogP contribution is 2.59. The second-order valence-corrected chi connectivity index (χ2v) is 10.8. The van der Waals surface area contributed by atoms with Gasteiger partial charge in [-0.05, 0) is 62.7 Å². The van der Waals surface area contributed by atoms with Gasteiger partial charge in [0.25, 0.3) is 0 Å². The van der Waals surface area contributed by atoms with Crippen LogP contribution in [0.15, 0.2) is 95.4 Å². The first-order valence-corrected chi connectivity index (χ1v) is 11.7. The van der Waals surface area contributed by atoms with E-state index in [1.54, 1.807) is 0 Å². The van der Waals surface area contributed by atoms with E-state index < -0.39 is 7.26 Å². The highest BCUT2D eigenvalue weighted by atomic mass is 31.2. The van der Waals surface area contributed by atoms with Gasteiger partial charge >= 0.3 is 0 Å². The van der Waals surface area contributed by atoms with Gasteiger partial charge in [0.1, 0.15) is 40.9 Å². The van der Waals surface area contributed by atoms with E-state index in [1.807, 2.05) is 0 Å². The summed E-state index contributed by atoms with van der Waals surface area (Å²) in [6.07, 6.45) is 0.972. The van der Waals surface area contributed by atoms with Gasteiger partial charge in [-0.1, -0.05) is 54.6 Å². The SMILES string of the molecule is Cc1oc(C)c(C[P+](c2ccccc2)(c2ccccc2)c2ccccc2)c1C. The average molecular weight is 385 g/mol. The molecular formula is C26H26OP+. The van der Waals surface area contributed by atoms with Gasteiger partial charge in [-0.3, -0.25) is 0 Å². The van der Waals surface area contributed by atoms with Crippen molar-refractivity contribution in [2.75, 3.05) is 0 Å². The zero-order valence-corrected chi connectivity index (χ0v) is 17.6. The number of rotatable bonds is 5. The fourth-order valence-corrected chi connectivity index (χ4v) is 8.50. The summed E-state index contributed by atoms with van der Waals surface area (Å²) in [6, 6.07) is 33.1. The topological polar surface area (TPSA) is 13.1 Å². The molecule has 0 fully saturated rings. The molecule has 0 spiro atoms. The van der Waals surface area contributed by atoms with Crippen LogP contribution in [0.25, 0.3) is 0 Å². The second-order valence-electron chi connectivity index (χ2n) is 7.29. The molecule has 0 atom stereocenters. The molecule has 28 heavy (non-hydrogen) atoms. The van der Waals surface area contributed by atoms with E-state index in [1.165, 1.54) is 27.0 Å². The molecule has 0 aliphatic carbocycles. The Morgan fingerprint density at radius 3 is 1.29 bits per heavy atom. The predicted molar refractivity (Wildman–Crippen MR) is 122 cm³/mol. The van der Waals surface area contributed by atoms with Crippen molar-refractivity contribution in [3.63, 3.8) is 0 Å². The predicted octanol–water partition coefficient (Wildman–Crippen LogP) is 5.70. The number of hydrogen-bond acceptors (Lipinski definition) is 1. The third kappa shape index (κ3) is 3.21. The van der Waals surface area contributed by atoms with Gasteiger partial charge in [0.05, 0.1) is 0 Å². The van der Waals surface area contributed by atoms with E-state index in [4.69, 9.17) is 4.42 Å². The fourth-order valence-electron chi connectivity index (χ4n) is 4.08. The molecule has 0 aliphatic rings. The minimum absolute atomic E-state index is 0.972. The van der Waals surface area contributed by atoms with Crippen LogP contribution in [0.3, 0.4) is 0 Å². The average Bonchev–Trinajstić information content (AvgIpc) is 2.99. The quantitative estimate of drug-likeness (QED) is 0.402. The lowest BCUT2D eigenvalue weighted by Crippen LogP contribution is -2.32. The third-order valence-corrected chi connectivity index (χ3v) is 10.0. The zero-order chi connectivity index (χ0) is 19.6. The molecule has 0 aliphatic heterocycles. The van der Waals surface area contributed by atoms with E-state index in [2.05, 4.69) is 112 Å². The van der Waals surface area contributed by atoms with Crippen LogP contribution >= 0.6 is 7.26 Å². The van der Waals surface area contributed by atoms with Crippen LogP contribution in [0.1, 0.15) is 22.6 Å². The maximum absolute atomic E-state index is 6.02. The molecule has 0 saturated carbocycles. The smallest absolute Gasteiger partial charge is 0.116 e. The lowest BCUT2D eigenvalue weighted by atomic mass is 10.1. The van der Waals surface area contributed by atoms with Crippen LogP contribution in [0.4, 0.5) is 0 Å². The first-order chi connectivity index (χ1) is 13.6. The summed E-state index contributed by atoms with van der Waals surface area (Å²) in [5.41, 5.74) is 2.63. The van der Waals surface area contributed by atoms with E-state index >= 15 is 0 Å². The number of aryl methyl sites for hydroxylation is 2. The first-order valence-electron chi connectivity index (χ1n) is 9.73. The lowest BCUT2D eigenvalue weighted by Gasteiger charge is -2.28. The Morgan fingerprint density at radius 2 is 0.964 bits per heavy atom. The monoisotopic (exact) mass is 385 g/mol. The van der Waals surface area contributed by atoms with Crippen LogP contribution in [0.5, 0.6) is 0 Å². The van der Waals surface area contributed by atoms with Crippen molar-refractivity contribution in [3.05, 3.63) is 114 Å². The first kappa shape index (κ1) is 18.7. The molecule has 140 valence electrons. The van der Waals surface area contributed by atoms with E-state index in [0.717, 1.165) is 17.7 Å². The molecule has 0 bridgehead atoms. The molecule has 1 aromatic heterocycles. The largest absolute Gasteiger partial charge is 0.466 e. The van der Waals surface area contributed by atoms with Crippen molar-refractivity contribution in [1.82, 2.24) is 0 Å². The van der Waals surface area contributed by atoms with Crippen LogP contribution in [0.2, 0.25) is 0 Å². The summed E-state index contributed by atoms with van der Waals surface area (Å²) < 4.78 is 6.02. The number of furan rings is 1. The Bertz CT molecular complexity index is 953. The summed E-state index contributed by atoms with van der Waals surface area (Å²) in [6.45, 7) is 6.36. The van der Waals surface area contributed by atoms with Gasteiger partial charge in [0, 0.05) is 5.56 Å². The number of hydrogen-bond donors (Lipinski definition) is 0. The number of benzene rings is 3. The summed E-state index contributed by atoms with van der Waals surface area (Å²) in [5.74, 6) is 2.07. The normalized spacial score (nSPS) is 11.5. The van der Waals surface area contributed by atoms with Crippen LogP contribution in [0, 0.1) is 20.8 Å². The summed E-state index contributed by atoms with van der Waals surface area (Å²) in [4.78, 5) is 0. The van der Waals surface area contributed by atoms with Gasteiger partial charge in [-0.2, -0.15) is 0 Å². The summed E-state index contributed by atoms with van der Waals surface area (Å²) >= 11 is 0. The van der Waals surface area contributed by atoms with Crippen LogP contribution < -0.4 is 15.9 Å². The summed E-state index contributed by atoms with van der Waals surface area (Å²) in [5, 5.41) is 4.22. The molecule has 3 aromatic carbocycles. The second kappa shape index (κ2) is 7.78. The maximum atomic E-state index is 6.02. The van der Waals surface area contributed by atoms with Gasteiger partial charge in [0.15, 0.2) is 0 Å². The molecule has 2 heteroatoms. The molecule has 0 amide bonds. The third-order valence-electron chi connectivity index (χ3n) is 5.70. The van der Waals surface area contributed by atoms with Gasteiger partial charge < -0.3 is 4.42 Å². The van der Waals surface area contributed by atoms with Gasteiger partial charge in [0.2, 0.25) is 0 Å². The Hall–Kier alpha value is -2.63. The molecular weight excluding hydrogens is 359 g/mol. The van der Waals surface area contributed by atoms with E-state index in [-0.39, 0.29) is 0 Å². The Balaban J connectivity index is 2.04. The van der Waals surface area contributed by atoms with Crippen molar-refractivity contribution in [3.8, 4) is 0 Å². The van der Waals surface area contributed by atoms with Crippen LogP contribution in [-0.2, 0) is 6.16 Å². The highest BCUT2D eigenvalue weighted by molar-refractivity contribution is 7.95. The van der Waals surface area contributed by atoms with Gasteiger partial charge in [-0.15, -0.1) is 0 Å².